The molecule has 7 nitrogen and oxygen atoms in total. The second-order valence-electron chi connectivity index (χ2n) is 6.17. The van der Waals surface area contributed by atoms with E-state index in [0.717, 1.165) is 25.7 Å². The van der Waals surface area contributed by atoms with Crippen molar-refractivity contribution in [3.8, 4) is 0 Å². The van der Waals surface area contributed by atoms with Crippen molar-refractivity contribution in [1.82, 2.24) is 5.32 Å². The van der Waals surface area contributed by atoms with Gasteiger partial charge in [-0.05, 0) is 38.8 Å². The van der Waals surface area contributed by atoms with Crippen molar-refractivity contribution < 1.29 is 28.3 Å². The van der Waals surface area contributed by atoms with Crippen molar-refractivity contribution in [3.63, 3.8) is 0 Å². The summed E-state index contributed by atoms with van der Waals surface area (Å²) < 4.78 is 15.1. The number of nitrogens with one attached hydrogen (secondary N) is 1. The number of esters is 2. The molecule has 0 aliphatic carbocycles. The Bertz CT molecular complexity index is 555. The predicted molar refractivity (Wildman–Crippen MR) is 100 cm³/mol. The highest BCUT2D eigenvalue weighted by Crippen LogP contribution is 2.10. The van der Waals surface area contributed by atoms with Gasteiger partial charge in [0.15, 0.2) is 11.5 Å². The van der Waals surface area contributed by atoms with Gasteiger partial charge in [0.2, 0.25) is 0 Å². The lowest BCUT2D eigenvalue weighted by Crippen LogP contribution is -2.39. The van der Waals surface area contributed by atoms with Crippen LogP contribution in [0.1, 0.15) is 69.3 Å². The first kappa shape index (κ1) is 22.9. The van der Waals surface area contributed by atoms with E-state index in [2.05, 4.69) is 5.32 Å². The van der Waals surface area contributed by atoms with Crippen LogP contribution in [0, 0.1) is 0 Å². The van der Waals surface area contributed by atoms with E-state index in [-0.39, 0.29) is 24.1 Å². The van der Waals surface area contributed by atoms with Crippen molar-refractivity contribution >= 4 is 17.7 Å². The van der Waals surface area contributed by atoms with Crippen molar-refractivity contribution in [2.45, 2.75) is 64.8 Å². The summed E-state index contributed by atoms with van der Waals surface area (Å²) in [6.07, 6.45) is 6.23. The average molecular weight is 381 g/mol. The van der Waals surface area contributed by atoms with Crippen molar-refractivity contribution in [2.24, 2.45) is 0 Å². The van der Waals surface area contributed by atoms with Gasteiger partial charge in [-0.3, -0.25) is 14.4 Å². The van der Waals surface area contributed by atoms with Gasteiger partial charge in [0, 0.05) is 19.4 Å². The third kappa shape index (κ3) is 9.94. The Morgan fingerprint density at radius 3 is 2.44 bits per heavy atom. The van der Waals surface area contributed by atoms with Crippen LogP contribution < -0.4 is 5.32 Å². The van der Waals surface area contributed by atoms with E-state index in [0.29, 0.717) is 38.4 Å². The third-order valence-electron chi connectivity index (χ3n) is 4.04. The van der Waals surface area contributed by atoms with E-state index >= 15 is 0 Å². The number of hydrogen-bond donors (Lipinski definition) is 1. The summed E-state index contributed by atoms with van der Waals surface area (Å²) in [6, 6.07) is 2.87. The zero-order chi connectivity index (χ0) is 19.9. The van der Waals surface area contributed by atoms with Crippen LogP contribution in [0.3, 0.4) is 0 Å². The van der Waals surface area contributed by atoms with Gasteiger partial charge < -0.3 is 19.2 Å². The number of hydrogen-bond acceptors (Lipinski definition) is 7. The Morgan fingerprint density at radius 1 is 1.04 bits per heavy atom. The Morgan fingerprint density at radius 2 is 1.78 bits per heavy atom. The van der Waals surface area contributed by atoms with E-state index in [9.17, 15) is 14.4 Å². The van der Waals surface area contributed by atoms with Crippen LogP contribution in [0.4, 0.5) is 0 Å². The second-order valence-corrected chi connectivity index (χ2v) is 6.17. The fourth-order valence-electron chi connectivity index (χ4n) is 2.67. The van der Waals surface area contributed by atoms with Gasteiger partial charge in [-0.2, -0.15) is 0 Å². The SMILES string of the molecule is CCOC(=O)CCCCCCC(NCCC(=O)c1ccco1)C(=O)OCC. The highest BCUT2D eigenvalue weighted by molar-refractivity contribution is 5.93. The van der Waals surface area contributed by atoms with E-state index in [1.165, 1.54) is 6.26 Å². The molecule has 0 saturated heterocycles. The second kappa shape index (κ2) is 14.0. The average Bonchev–Trinajstić information content (AvgIpc) is 3.18. The zero-order valence-corrected chi connectivity index (χ0v) is 16.3. The van der Waals surface area contributed by atoms with Crippen molar-refractivity contribution in [1.29, 1.82) is 0 Å². The number of rotatable bonds is 15. The summed E-state index contributed by atoms with van der Waals surface area (Å²) >= 11 is 0. The van der Waals surface area contributed by atoms with E-state index in [1.54, 1.807) is 26.0 Å². The Balaban J connectivity index is 2.27. The minimum Gasteiger partial charge on any atom is -0.466 e. The topological polar surface area (TPSA) is 94.8 Å². The molecular formula is C20H31NO6. The molecular weight excluding hydrogens is 350 g/mol. The third-order valence-corrected chi connectivity index (χ3v) is 4.04. The van der Waals surface area contributed by atoms with E-state index < -0.39 is 6.04 Å². The number of ketones is 1. The summed E-state index contributed by atoms with van der Waals surface area (Å²) in [6.45, 7) is 4.68. The number of ether oxygens (including phenoxy) is 2. The molecule has 1 aromatic rings. The molecule has 152 valence electrons. The number of furan rings is 1. The smallest absolute Gasteiger partial charge is 0.323 e. The molecule has 0 saturated carbocycles. The van der Waals surface area contributed by atoms with Gasteiger partial charge in [0.1, 0.15) is 6.04 Å². The minimum atomic E-state index is -0.431. The van der Waals surface area contributed by atoms with Crippen LogP contribution >= 0.6 is 0 Å². The van der Waals surface area contributed by atoms with E-state index in [4.69, 9.17) is 13.9 Å². The Hall–Kier alpha value is -2.15. The Kier molecular flexibility index (Phi) is 11.8. The van der Waals surface area contributed by atoms with Gasteiger partial charge in [0.05, 0.1) is 19.5 Å². The molecule has 0 aromatic carbocycles. The maximum atomic E-state index is 12.1. The van der Waals surface area contributed by atoms with Crippen molar-refractivity contribution in [2.75, 3.05) is 19.8 Å². The maximum absolute atomic E-state index is 12.1. The predicted octanol–water partition coefficient (Wildman–Crippen LogP) is 3.28. The molecule has 1 atom stereocenters. The molecule has 0 bridgehead atoms. The van der Waals surface area contributed by atoms with Crippen LogP contribution in [0.2, 0.25) is 0 Å². The van der Waals surface area contributed by atoms with Gasteiger partial charge in [0.25, 0.3) is 0 Å². The molecule has 0 radical (unpaired) electrons. The quantitative estimate of drug-likeness (QED) is 0.283. The standard InChI is InChI=1S/C20H31NO6/c1-3-25-19(23)12-8-6-5-7-10-16(20(24)26-4-2)21-14-13-17(22)18-11-9-15-27-18/h9,11,15-16,21H,3-8,10,12-14H2,1-2H3. The highest BCUT2D eigenvalue weighted by atomic mass is 16.5. The monoisotopic (exact) mass is 381 g/mol. The molecule has 1 aromatic heterocycles. The summed E-state index contributed by atoms with van der Waals surface area (Å²) in [5, 5.41) is 3.11. The van der Waals surface area contributed by atoms with Crippen molar-refractivity contribution in [3.05, 3.63) is 24.2 Å². The molecule has 7 heteroatoms. The summed E-state index contributed by atoms with van der Waals surface area (Å²) in [5.74, 6) is -0.237. The summed E-state index contributed by atoms with van der Waals surface area (Å²) in [4.78, 5) is 35.3. The fourth-order valence-corrected chi connectivity index (χ4v) is 2.67. The van der Waals surface area contributed by atoms with Crippen LogP contribution in [0.15, 0.2) is 22.8 Å². The van der Waals surface area contributed by atoms with Crippen LogP contribution in [0.5, 0.6) is 0 Å². The molecule has 1 heterocycles. The zero-order valence-electron chi connectivity index (χ0n) is 16.3. The van der Waals surface area contributed by atoms with Gasteiger partial charge in [-0.25, -0.2) is 0 Å². The molecule has 1 N–H and O–H groups in total. The fraction of sp³-hybridized carbons (Fsp3) is 0.650. The molecule has 1 unspecified atom stereocenters. The minimum absolute atomic E-state index is 0.103. The first-order valence-electron chi connectivity index (χ1n) is 9.70. The normalized spacial score (nSPS) is 11.8. The molecule has 0 aliphatic heterocycles. The van der Waals surface area contributed by atoms with Crippen LogP contribution in [-0.4, -0.2) is 43.5 Å². The first-order chi connectivity index (χ1) is 13.1. The van der Waals surface area contributed by atoms with Crippen LogP contribution in [0.25, 0.3) is 0 Å². The number of carbonyl (C=O) groups excluding carboxylic acids is 3. The largest absolute Gasteiger partial charge is 0.466 e. The number of unbranched alkanes of at least 4 members (excludes halogenated alkanes) is 3. The van der Waals surface area contributed by atoms with E-state index in [1.807, 2.05) is 0 Å². The lowest BCUT2D eigenvalue weighted by atomic mass is 10.1. The molecule has 27 heavy (non-hydrogen) atoms. The highest BCUT2D eigenvalue weighted by Gasteiger charge is 2.19. The maximum Gasteiger partial charge on any atom is 0.323 e. The molecule has 0 fully saturated rings. The lowest BCUT2D eigenvalue weighted by Gasteiger charge is -2.17. The first-order valence-corrected chi connectivity index (χ1v) is 9.70. The van der Waals surface area contributed by atoms with Gasteiger partial charge >= 0.3 is 11.9 Å². The molecule has 1 rings (SSSR count). The molecule has 0 aliphatic rings. The van der Waals surface area contributed by atoms with Gasteiger partial charge in [-0.15, -0.1) is 0 Å². The summed E-state index contributed by atoms with van der Waals surface area (Å²) in [5.41, 5.74) is 0. The lowest BCUT2D eigenvalue weighted by molar-refractivity contribution is -0.146. The molecule has 0 spiro atoms. The van der Waals surface area contributed by atoms with Gasteiger partial charge in [-0.1, -0.05) is 19.3 Å². The molecule has 0 amide bonds. The van der Waals surface area contributed by atoms with Crippen LogP contribution in [-0.2, 0) is 19.1 Å². The number of carbonyl (C=O) groups is 3. The Labute approximate surface area is 160 Å². The number of Topliss-reactive ketones (excluding diaryl/α,β-unsaturated/α-hetero) is 1. The summed E-state index contributed by atoms with van der Waals surface area (Å²) in [7, 11) is 0.